The van der Waals surface area contributed by atoms with E-state index in [1.54, 1.807) is 43.5 Å². The fourth-order valence-corrected chi connectivity index (χ4v) is 3.23. The first kappa shape index (κ1) is 21.9. The van der Waals surface area contributed by atoms with Gasteiger partial charge in [-0.2, -0.15) is 4.98 Å². The van der Waals surface area contributed by atoms with E-state index in [0.29, 0.717) is 40.2 Å². The average Bonchev–Trinajstić information content (AvgIpc) is 3.33. The van der Waals surface area contributed by atoms with Gasteiger partial charge < -0.3 is 24.1 Å². The van der Waals surface area contributed by atoms with Crippen LogP contribution < -0.4 is 19.5 Å². The lowest BCUT2D eigenvalue weighted by molar-refractivity contribution is -0.118. The van der Waals surface area contributed by atoms with Crippen LogP contribution in [0.15, 0.2) is 71.3 Å². The van der Waals surface area contributed by atoms with E-state index in [1.165, 1.54) is 7.11 Å². The van der Waals surface area contributed by atoms with Crippen molar-refractivity contribution in [2.45, 2.75) is 6.92 Å². The van der Waals surface area contributed by atoms with Gasteiger partial charge in [-0.25, -0.2) is 0 Å². The number of anilines is 1. The molecule has 33 heavy (non-hydrogen) atoms. The predicted molar refractivity (Wildman–Crippen MR) is 124 cm³/mol. The summed E-state index contributed by atoms with van der Waals surface area (Å²) in [5.74, 6) is 2.00. The topological polar surface area (TPSA) is 95.7 Å². The summed E-state index contributed by atoms with van der Waals surface area (Å²) in [5, 5.41) is 6.86. The lowest BCUT2D eigenvalue weighted by Crippen LogP contribution is -2.20. The van der Waals surface area contributed by atoms with Crippen LogP contribution in [0.4, 0.5) is 5.69 Å². The smallest absolute Gasteiger partial charge is 0.262 e. The molecule has 0 saturated heterocycles. The molecule has 0 radical (unpaired) electrons. The van der Waals surface area contributed by atoms with Crippen molar-refractivity contribution in [3.63, 3.8) is 0 Å². The molecule has 0 spiro atoms. The van der Waals surface area contributed by atoms with Crippen LogP contribution in [0.1, 0.15) is 5.56 Å². The molecule has 1 amide bonds. The number of para-hydroxylation sites is 1. The van der Waals surface area contributed by atoms with Crippen molar-refractivity contribution in [3.8, 4) is 40.1 Å². The zero-order chi connectivity index (χ0) is 23.2. The second-order valence-corrected chi connectivity index (χ2v) is 7.19. The number of methoxy groups -OCH3 is 2. The number of aryl methyl sites for hydroxylation is 1. The molecule has 1 N–H and O–H groups in total. The lowest BCUT2D eigenvalue weighted by atomic mass is 10.1. The molecule has 1 aromatic heterocycles. The summed E-state index contributed by atoms with van der Waals surface area (Å²) in [5.41, 5.74) is 3.07. The Bertz CT molecular complexity index is 1270. The number of hydrogen-bond donors (Lipinski definition) is 1. The third-order valence-electron chi connectivity index (χ3n) is 4.86. The normalized spacial score (nSPS) is 10.5. The maximum atomic E-state index is 12.5. The monoisotopic (exact) mass is 445 g/mol. The maximum absolute atomic E-state index is 12.5. The third kappa shape index (κ3) is 5.12. The molecule has 0 saturated carbocycles. The van der Waals surface area contributed by atoms with Gasteiger partial charge in [-0.05, 0) is 37.3 Å². The molecule has 0 fully saturated rings. The van der Waals surface area contributed by atoms with Crippen molar-refractivity contribution in [2.75, 3.05) is 26.1 Å². The van der Waals surface area contributed by atoms with E-state index in [4.69, 9.17) is 18.7 Å². The van der Waals surface area contributed by atoms with Crippen LogP contribution in [-0.4, -0.2) is 36.9 Å². The predicted octanol–water partition coefficient (Wildman–Crippen LogP) is 4.75. The van der Waals surface area contributed by atoms with E-state index in [-0.39, 0.29) is 12.5 Å². The van der Waals surface area contributed by atoms with Gasteiger partial charge in [0.2, 0.25) is 5.82 Å². The zero-order valence-corrected chi connectivity index (χ0v) is 18.5. The highest BCUT2D eigenvalue weighted by Crippen LogP contribution is 2.31. The number of amides is 1. The Kier molecular flexibility index (Phi) is 6.54. The quantitative estimate of drug-likeness (QED) is 0.418. The van der Waals surface area contributed by atoms with Crippen molar-refractivity contribution in [1.82, 2.24) is 10.1 Å². The molecule has 0 atom stereocenters. The Labute approximate surface area is 191 Å². The zero-order valence-electron chi connectivity index (χ0n) is 18.5. The van der Waals surface area contributed by atoms with Crippen LogP contribution in [0, 0.1) is 6.92 Å². The summed E-state index contributed by atoms with van der Waals surface area (Å²) < 4.78 is 21.7. The molecule has 1 heterocycles. The molecule has 8 heteroatoms. The Morgan fingerprint density at radius 1 is 0.970 bits per heavy atom. The number of carbonyl (C=O) groups is 1. The molecule has 0 aliphatic rings. The molecule has 8 nitrogen and oxygen atoms in total. The first-order chi connectivity index (χ1) is 16.1. The first-order valence-electron chi connectivity index (χ1n) is 10.2. The Morgan fingerprint density at radius 3 is 2.61 bits per heavy atom. The molecular weight excluding hydrogens is 422 g/mol. The number of aromatic nitrogens is 2. The van der Waals surface area contributed by atoms with Crippen molar-refractivity contribution in [2.24, 2.45) is 0 Å². The largest absolute Gasteiger partial charge is 0.497 e. The van der Waals surface area contributed by atoms with E-state index < -0.39 is 0 Å². The number of benzene rings is 3. The average molecular weight is 445 g/mol. The number of nitrogens with one attached hydrogen (secondary N) is 1. The van der Waals surface area contributed by atoms with Gasteiger partial charge in [0.1, 0.15) is 17.2 Å². The summed E-state index contributed by atoms with van der Waals surface area (Å²) in [7, 11) is 3.08. The number of rotatable bonds is 8. The van der Waals surface area contributed by atoms with Gasteiger partial charge in [0.05, 0.1) is 25.5 Å². The van der Waals surface area contributed by atoms with Crippen molar-refractivity contribution >= 4 is 11.6 Å². The highest BCUT2D eigenvalue weighted by atomic mass is 16.5. The molecule has 4 aromatic rings. The van der Waals surface area contributed by atoms with Gasteiger partial charge in [-0.3, -0.25) is 4.79 Å². The van der Waals surface area contributed by atoms with E-state index in [9.17, 15) is 4.79 Å². The van der Waals surface area contributed by atoms with Gasteiger partial charge in [0, 0.05) is 11.6 Å². The number of hydrogen-bond acceptors (Lipinski definition) is 7. The molecule has 0 bridgehead atoms. The molecule has 3 aromatic carbocycles. The van der Waals surface area contributed by atoms with Crippen LogP contribution in [-0.2, 0) is 4.79 Å². The highest BCUT2D eigenvalue weighted by molar-refractivity contribution is 5.93. The number of ether oxygens (including phenoxy) is 3. The fraction of sp³-hybridized carbons (Fsp3) is 0.160. The molecule has 168 valence electrons. The first-order valence-corrected chi connectivity index (χ1v) is 10.2. The minimum Gasteiger partial charge on any atom is -0.497 e. The second-order valence-electron chi connectivity index (χ2n) is 7.19. The van der Waals surface area contributed by atoms with Crippen LogP contribution in [0.5, 0.6) is 17.2 Å². The van der Waals surface area contributed by atoms with E-state index in [2.05, 4.69) is 15.5 Å². The Morgan fingerprint density at radius 2 is 1.82 bits per heavy atom. The minimum atomic E-state index is -0.348. The standard InChI is InChI=1S/C25H23N3O5/c1-16-7-6-8-17(13-16)24-27-25(33-28-24)19-9-4-5-10-21(19)32-15-23(29)26-20-12-11-18(30-2)14-22(20)31-3/h4-14H,15H2,1-3H3,(H,26,29). The number of nitrogens with zero attached hydrogens (tertiary/aromatic N) is 2. The Hall–Kier alpha value is -4.33. The van der Waals surface area contributed by atoms with Gasteiger partial charge in [-0.1, -0.05) is 41.1 Å². The van der Waals surface area contributed by atoms with Gasteiger partial charge in [0.25, 0.3) is 11.8 Å². The molecule has 0 aliphatic heterocycles. The molecule has 4 rings (SSSR count). The van der Waals surface area contributed by atoms with Crippen molar-refractivity contribution < 1.29 is 23.5 Å². The van der Waals surface area contributed by atoms with E-state index in [1.807, 2.05) is 37.3 Å². The highest BCUT2D eigenvalue weighted by Gasteiger charge is 2.16. The van der Waals surface area contributed by atoms with Crippen LogP contribution in [0.2, 0.25) is 0 Å². The Balaban J connectivity index is 1.47. The SMILES string of the molecule is COc1ccc(NC(=O)COc2ccccc2-c2nc(-c3cccc(C)c3)no2)c(OC)c1. The summed E-state index contributed by atoms with van der Waals surface area (Å²) in [6, 6.07) is 20.1. The summed E-state index contributed by atoms with van der Waals surface area (Å²) in [4.78, 5) is 17.0. The van der Waals surface area contributed by atoms with Gasteiger partial charge in [-0.15, -0.1) is 0 Å². The van der Waals surface area contributed by atoms with Crippen molar-refractivity contribution in [1.29, 1.82) is 0 Å². The maximum Gasteiger partial charge on any atom is 0.262 e. The van der Waals surface area contributed by atoms with E-state index >= 15 is 0 Å². The summed E-state index contributed by atoms with van der Waals surface area (Å²) in [6.07, 6.45) is 0. The van der Waals surface area contributed by atoms with Crippen LogP contribution >= 0.6 is 0 Å². The molecule has 0 unspecified atom stereocenters. The van der Waals surface area contributed by atoms with Gasteiger partial charge in [0.15, 0.2) is 6.61 Å². The molecular formula is C25H23N3O5. The van der Waals surface area contributed by atoms with E-state index in [0.717, 1.165) is 11.1 Å². The summed E-state index contributed by atoms with van der Waals surface area (Å²) in [6.45, 7) is 1.78. The third-order valence-corrected chi connectivity index (χ3v) is 4.86. The van der Waals surface area contributed by atoms with Gasteiger partial charge >= 0.3 is 0 Å². The molecule has 0 aliphatic carbocycles. The van der Waals surface area contributed by atoms with Crippen molar-refractivity contribution in [3.05, 3.63) is 72.3 Å². The minimum absolute atomic E-state index is 0.217. The lowest BCUT2D eigenvalue weighted by Gasteiger charge is -2.13. The van der Waals surface area contributed by atoms with Crippen LogP contribution in [0.25, 0.3) is 22.8 Å². The fourth-order valence-electron chi connectivity index (χ4n) is 3.23. The summed E-state index contributed by atoms with van der Waals surface area (Å²) >= 11 is 0. The van der Waals surface area contributed by atoms with Crippen LogP contribution in [0.3, 0.4) is 0 Å². The second kappa shape index (κ2) is 9.86. The number of carbonyl (C=O) groups excluding carboxylic acids is 1.